The van der Waals surface area contributed by atoms with Crippen LogP contribution < -0.4 is 0 Å². The molecule has 0 unspecified atom stereocenters. The van der Waals surface area contributed by atoms with Gasteiger partial charge in [-0.05, 0) is 134 Å². The van der Waals surface area contributed by atoms with Crippen molar-refractivity contribution in [3.8, 4) is 68.8 Å². The van der Waals surface area contributed by atoms with E-state index in [1.54, 1.807) is 43.3 Å². The molecule has 5 aromatic rings. The molecular weight excluding hydrogens is 631 g/mol. The van der Waals surface area contributed by atoms with Crippen LogP contribution in [0.3, 0.4) is 0 Å². The van der Waals surface area contributed by atoms with E-state index in [2.05, 4.69) is 0 Å². The third-order valence-electron chi connectivity index (χ3n) is 8.74. The molecule has 0 spiro atoms. The highest BCUT2D eigenvalue weighted by Crippen LogP contribution is 2.54. The Labute approximate surface area is 276 Å². The second kappa shape index (κ2) is 11.2. The molecule has 0 saturated carbocycles. The molecule has 0 N–H and O–H groups in total. The first kappa shape index (κ1) is 30.8. The van der Waals surface area contributed by atoms with Gasteiger partial charge in [-0.1, -0.05) is 30.3 Å². The van der Waals surface area contributed by atoms with Crippen molar-refractivity contribution in [1.29, 1.82) is 21.0 Å². The van der Waals surface area contributed by atoms with E-state index >= 15 is 0 Å². The molecule has 2 aliphatic rings. The quantitative estimate of drug-likeness (QED) is 0.138. The molecule has 0 radical (unpaired) electrons. The molecule has 2 aliphatic carbocycles. The molecule has 232 valence electrons. The minimum atomic E-state index is -4.78. The van der Waals surface area contributed by atoms with Crippen LogP contribution in [-0.4, -0.2) is 0 Å². The molecule has 0 saturated heterocycles. The highest BCUT2D eigenvalue weighted by molar-refractivity contribution is 6.11. The van der Waals surface area contributed by atoms with E-state index in [0.29, 0.717) is 72.8 Å². The number of alkyl halides is 3. The van der Waals surface area contributed by atoms with Crippen LogP contribution in [0.2, 0.25) is 0 Å². The highest BCUT2D eigenvalue weighted by atomic mass is 19.4. The lowest BCUT2D eigenvalue weighted by molar-refractivity contribution is -0.137. The molecule has 0 fully saturated rings. The van der Waals surface area contributed by atoms with E-state index in [1.807, 2.05) is 30.3 Å². The SMILES string of the molecule is Cc1cc(F)cc(-c2ccc3c(c2)C(=C(C#N)C#N)c2cc4c(cc2-3)C(=C(C#N)C#N)c2cc(-c3cc(F)cc(C(F)(F)F)c3)ccc2-4)c1. The van der Waals surface area contributed by atoms with Gasteiger partial charge in [-0.2, -0.15) is 34.2 Å². The van der Waals surface area contributed by atoms with E-state index in [1.165, 1.54) is 24.3 Å². The first-order valence-electron chi connectivity index (χ1n) is 14.7. The first-order chi connectivity index (χ1) is 23.4. The zero-order chi connectivity index (χ0) is 34.8. The van der Waals surface area contributed by atoms with Gasteiger partial charge in [0.1, 0.15) is 47.1 Å². The fourth-order valence-corrected chi connectivity index (χ4v) is 6.72. The van der Waals surface area contributed by atoms with Crippen molar-refractivity contribution < 1.29 is 22.0 Å². The second-order valence-corrected chi connectivity index (χ2v) is 11.7. The molecule has 4 nitrogen and oxygen atoms in total. The van der Waals surface area contributed by atoms with E-state index in [0.717, 1.165) is 12.1 Å². The summed E-state index contributed by atoms with van der Waals surface area (Å²) in [7, 11) is 0. The Morgan fingerprint density at radius 3 is 1.33 bits per heavy atom. The maximum atomic E-state index is 14.4. The zero-order valence-electron chi connectivity index (χ0n) is 25.3. The number of benzene rings is 5. The summed E-state index contributed by atoms with van der Waals surface area (Å²) in [5, 5.41) is 40.0. The van der Waals surface area contributed by atoms with Crippen molar-refractivity contribution in [3.63, 3.8) is 0 Å². The maximum absolute atomic E-state index is 14.4. The number of rotatable bonds is 2. The normalized spacial score (nSPS) is 12.1. The zero-order valence-corrected chi connectivity index (χ0v) is 25.3. The molecular formula is C40H17F5N4. The lowest BCUT2D eigenvalue weighted by Crippen LogP contribution is -2.05. The number of nitriles is 4. The molecule has 0 bridgehead atoms. The van der Waals surface area contributed by atoms with Gasteiger partial charge in [0.15, 0.2) is 0 Å². The number of fused-ring (bicyclic) bond motifs is 6. The van der Waals surface area contributed by atoms with Crippen LogP contribution in [0.5, 0.6) is 0 Å². The Bertz CT molecular complexity index is 2510. The number of halogens is 5. The second-order valence-electron chi connectivity index (χ2n) is 11.7. The molecule has 7 rings (SSSR count). The summed E-state index contributed by atoms with van der Waals surface area (Å²) in [4.78, 5) is 0. The topological polar surface area (TPSA) is 95.2 Å². The van der Waals surface area contributed by atoms with Gasteiger partial charge < -0.3 is 0 Å². The highest BCUT2D eigenvalue weighted by Gasteiger charge is 2.35. The summed E-state index contributed by atoms with van der Waals surface area (Å²) >= 11 is 0. The number of hydrogen-bond acceptors (Lipinski definition) is 4. The van der Waals surface area contributed by atoms with E-state index < -0.39 is 23.4 Å². The van der Waals surface area contributed by atoms with Gasteiger partial charge >= 0.3 is 6.18 Å². The lowest BCUT2D eigenvalue weighted by Gasteiger charge is -2.11. The van der Waals surface area contributed by atoms with E-state index in [4.69, 9.17) is 0 Å². The smallest absolute Gasteiger partial charge is 0.207 e. The van der Waals surface area contributed by atoms with Gasteiger partial charge in [0, 0.05) is 11.1 Å². The van der Waals surface area contributed by atoms with Crippen LogP contribution in [0.15, 0.2) is 96.1 Å². The number of aryl methyl sites for hydroxylation is 1. The number of allylic oxidation sites excluding steroid dienone is 2. The summed E-state index contributed by atoms with van der Waals surface area (Å²) in [6, 6.07) is 28.3. The van der Waals surface area contributed by atoms with Crippen molar-refractivity contribution in [3.05, 3.63) is 141 Å². The number of hydrogen-bond donors (Lipinski definition) is 0. The fraction of sp³-hybridized carbons (Fsp3) is 0.0500. The molecule has 0 aliphatic heterocycles. The summed E-state index contributed by atoms with van der Waals surface area (Å²) in [5.41, 5.74) is 5.63. The predicted octanol–water partition coefficient (Wildman–Crippen LogP) is 10.3. The van der Waals surface area contributed by atoms with Gasteiger partial charge in [-0.25, -0.2) is 8.78 Å². The lowest BCUT2D eigenvalue weighted by atomic mass is 9.93. The van der Waals surface area contributed by atoms with Crippen molar-refractivity contribution >= 4 is 11.1 Å². The molecule has 0 heterocycles. The van der Waals surface area contributed by atoms with Crippen molar-refractivity contribution in [2.24, 2.45) is 0 Å². The third kappa shape index (κ3) is 4.94. The predicted molar refractivity (Wildman–Crippen MR) is 172 cm³/mol. The van der Waals surface area contributed by atoms with Gasteiger partial charge in [-0.3, -0.25) is 0 Å². The molecule has 5 aromatic carbocycles. The van der Waals surface area contributed by atoms with Crippen LogP contribution in [0.1, 0.15) is 33.4 Å². The standard InChI is InChI=1S/C40H17F5N4/c1-20-6-23(9-28(41)7-20)21-2-4-30-32-14-37-33(15-36(32)38(34(30)11-21)25(16-46)17-47)31-5-3-22(12-35(31)39(37)26(18-48)19-49)24-8-27(40(43,44)45)13-29(42)10-24/h2-15H,1H3. The van der Waals surface area contributed by atoms with Gasteiger partial charge in [0.05, 0.1) is 5.56 Å². The minimum Gasteiger partial charge on any atom is -0.207 e. The number of nitrogens with zero attached hydrogens (tertiary/aromatic N) is 4. The van der Waals surface area contributed by atoms with Crippen LogP contribution in [0.25, 0.3) is 55.7 Å². The van der Waals surface area contributed by atoms with Crippen LogP contribution in [0, 0.1) is 63.9 Å². The maximum Gasteiger partial charge on any atom is 0.416 e. The molecule has 49 heavy (non-hydrogen) atoms. The molecule has 0 amide bonds. The van der Waals surface area contributed by atoms with Gasteiger partial charge in [0.2, 0.25) is 0 Å². The van der Waals surface area contributed by atoms with E-state index in [-0.39, 0.29) is 27.8 Å². The summed E-state index contributed by atoms with van der Waals surface area (Å²) < 4.78 is 69.2. The van der Waals surface area contributed by atoms with E-state index in [9.17, 15) is 43.0 Å². The summed E-state index contributed by atoms with van der Waals surface area (Å²) in [5.74, 6) is -1.49. The Morgan fingerprint density at radius 1 is 0.469 bits per heavy atom. The Balaban J connectivity index is 1.47. The average molecular weight is 649 g/mol. The van der Waals surface area contributed by atoms with Crippen LogP contribution >= 0.6 is 0 Å². The van der Waals surface area contributed by atoms with Crippen LogP contribution in [0.4, 0.5) is 22.0 Å². The third-order valence-corrected chi connectivity index (χ3v) is 8.74. The van der Waals surface area contributed by atoms with Gasteiger partial charge in [0.25, 0.3) is 0 Å². The summed E-state index contributed by atoms with van der Waals surface area (Å²) in [6.45, 7) is 1.77. The molecule has 9 heteroatoms. The van der Waals surface area contributed by atoms with Crippen molar-refractivity contribution in [2.45, 2.75) is 13.1 Å². The minimum absolute atomic E-state index is 0.0421. The Morgan fingerprint density at radius 2 is 0.898 bits per heavy atom. The summed E-state index contributed by atoms with van der Waals surface area (Å²) in [6.07, 6.45) is -4.78. The van der Waals surface area contributed by atoms with Crippen molar-refractivity contribution in [1.82, 2.24) is 0 Å². The average Bonchev–Trinajstić information content (AvgIpc) is 3.55. The monoisotopic (exact) mass is 648 g/mol. The van der Waals surface area contributed by atoms with Crippen molar-refractivity contribution in [2.75, 3.05) is 0 Å². The molecule has 0 aromatic heterocycles. The van der Waals surface area contributed by atoms with Gasteiger partial charge in [-0.15, -0.1) is 0 Å². The first-order valence-corrected chi connectivity index (χ1v) is 14.7. The fourth-order valence-electron chi connectivity index (χ4n) is 6.72. The molecule has 0 atom stereocenters. The Hall–Kier alpha value is -6.81. The van der Waals surface area contributed by atoms with Crippen LogP contribution in [-0.2, 0) is 6.18 Å². The largest absolute Gasteiger partial charge is 0.416 e. The Kier molecular flexibility index (Phi) is 7.02.